The third kappa shape index (κ3) is 6.87. The molecule has 1 aromatic heterocycles. The molecule has 1 N–H and O–H groups in total. The van der Waals surface area contributed by atoms with Crippen LogP contribution in [0.25, 0.3) is 11.1 Å². The van der Waals surface area contributed by atoms with Gasteiger partial charge >= 0.3 is 11.7 Å². The van der Waals surface area contributed by atoms with Crippen molar-refractivity contribution in [3.05, 3.63) is 56.1 Å². The fraction of sp³-hybridized carbons (Fsp3) is 0.577. The highest BCUT2D eigenvalue weighted by Crippen LogP contribution is 2.35. The summed E-state index contributed by atoms with van der Waals surface area (Å²) in [4.78, 5) is 38.7. The molecule has 2 aromatic rings. The van der Waals surface area contributed by atoms with Gasteiger partial charge in [0.2, 0.25) is 5.82 Å². The van der Waals surface area contributed by atoms with Crippen LogP contribution >= 0.6 is 0 Å². The molecule has 0 amide bonds. The largest absolute Gasteiger partial charge is 0.465 e. The van der Waals surface area contributed by atoms with E-state index in [2.05, 4.69) is 0 Å². The molecule has 6 nitrogen and oxygen atoms in total. The topological polar surface area (TPSA) is 81.2 Å². The smallest absolute Gasteiger partial charge is 0.328 e. The van der Waals surface area contributed by atoms with Gasteiger partial charge in [0.15, 0.2) is 23.3 Å². The Hall–Kier alpha value is -2.98. The number of carbonyl (C=O) groups excluding carboxylic acids is 1. The van der Waals surface area contributed by atoms with Crippen molar-refractivity contribution in [1.82, 2.24) is 9.55 Å². The molecular formula is C26H33F5N2O4. The van der Waals surface area contributed by atoms with Crippen LogP contribution in [-0.4, -0.2) is 22.1 Å². The number of nitrogens with zero attached hydrogens (tertiary/aromatic N) is 1. The van der Waals surface area contributed by atoms with E-state index in [1.54, 1.807) is 0 Å². The molecule has 11 heteroatoms. The van der Waals surface area contributed by atoms with Gasteiger partial charge in [0.05, 0.1) is 23.1 Å². The van der Waals surface area contributed by atoms with E-state index in [-0.39, 0.29) is 25.0 Å². The molecule has 0 radical (unpaired) electrons. The first-order valence-corrected chi connectivity index (χ1v) is 12.2. The van der Waals surface area contributed by atoms with Gasteiger partial charge in [-0.3, -0.25) is 19.1 Å². The molecular weight excluding hydrogens is 499 g/mol. The Morgan fingerprint density at radius 2 is 1.46 bits per heavy atom. The first-order chi connectivity index (χ1) is 17.2. The number of ether oxygens (including phenoxy) is 1. The van der Waals surface area contributed by atoms with Crippen LogP contribution in [0.2, 0.25) is 0 Å². The molecule has 0 aliphatic rings. The quantitative estimate of drug-likeness (QED) is 0.125. The summed E-state index contributed by atoms with van der Waals surface area (Å²) in [6, 6.07) is 0. The van der Waals surface area contributed by atoms with Gasteiger partial charge in [-0.2, -0.15) is 0 Å². The standard InChI is InChI=1S/C26H33F5N2O4/c1-14(2)12-26(5,15(3)4)24(35)37-11-9-7-6-8-10-33-13-16(23(34)32-25(33)36)17-18(27)20(29)22(31)21(30)19(17)28/h13-15H,6-12H2,1-5H3,(H,32,34,36). The van der Waals surface area contributed by atoms with E-state index in [0.717, 1.165) is 10.8 Å². The van der Waals surface area contributed by atoms with Crippen LogP contribution in [0, 0.1) is 46.3 Å². The van der Waals surface area contributed by atoms with E-state index in [9.17, 15) is 36.3 Å². The summed E-state index contributed by atoms with van der Waals surface area (Å²) >= 11 is 0. The number of aryl methyl sites for hydroxylation is 1. The van der Waals surface area contributed by atoms with Crippen LogP contribution in [-0.2, 0) is 16.1 Å². The lowest BCUT2D eigenvalue weighted by atomic mass is 9.73. The van der Waals surface area contributed by atoms with Gasteiger partial charge in [-0.25, -0.2) is 26.7 Å². The molecule has 37 heavy (non-hydrogen) atoms. The molecule has 206 valence electrons. The number of esters is 1. The Morgan fingerprint density at radius 1 is 0.919 bits per heavy atom. The van der Waals surface area contributed by atoms with Crippen molar-refractivity contribution in [2.45, 2.75) is 73.3 Å². The zero-order chi connectivity index (χ0) is 28.1. The number of nitrogens with one attached hydrogen (secondary N) is 1. The second-order valence-electron chi connectivity index (χ2n) is 10.2. The van der Waals surface area contributed by atoms with Crippen molar-refractivity contribution in [3.8, 4) is 11.1 Å². The summed E-state index contributed by atoms with van der Waals surface area (Å²) in [6.07, 6.45) is 3.73. The maximum absolute atomic E-state index is 14.2. The van der Waals surface area contributed by atoms with Crippen LogP contribution in [0.1, 0.15) is 66.7 Å². The minimum Gasteiger partial charge on any atom is -0.465 e. The van der Waals surface area contributed by atoms with Gasteiger partial charge in [0.1, 0.15) is 0 Å². The Balaban J connectivity index is 1.99. The number of hydrogen-bond donors (Lipinski definition) is 1. The van der Waals surface area contributed by atoms with E-state index in [4.69, 9.17) is 4.74 Å². The van der Waals surface area contributed by atoms with E-state index >= 15 is 0 Å². The number of aromatic amines is 1. The first kappa shape index (κ1) is 30.2. The number of aromatic nitrogens is 2. The average Bonchev–Trinajstić information content (AvgIpc) is 2.82. The van der Waals surface area contributed by atoms with Gasteiger partial charge in [0, 0.05) is 12.7 Å². The first-order valence-electron chi connectivity index (χ1n) is 12.2. The number of carbonyl (C=O) groups is 1. The van der Waals surface area contributed by atoms with Crippen LogP contribution in [0.3, 0.4) is 0 Å². The third-order valence-electron chi connectivity index (χ3n) is 6.59. The molecule has 0 spiro atoms. The second kappa shape index (κ2) is 12.5. The number of unbranched alkanes of at least 4 members (excludes halogenated alkanes) is 3. The summed E-state index contributed by atoms with van der Waals surface area (Å²) in [6.45, 7) is 10.2. The molecule has 0 saturated heterocycles. The SMILES string of the molecule is CC(C)CC(C)(C(=O)OCCCCCCn1cc(-c2c(F)c(F)c(F)c(F)c2F)c(=O)[nH]c1=O)C(C)C. The maximum atomic E-state index is 14.2. The fourth-order valence-electron chi connectivity index (χ4n) is 4.17. The van der Waals surface area contributed by atoms with Gasteiger partial charge < -0.3 is 4.74 Å². The number of rotatable bonds is 12. The highest BCUT2D eigenvalue weighted by atomic mass is 19.2. The number of hydrogen-bond acceptors (Lipinski definition) is 4. The summed E-state index contributed by atoms with van der Waals surface area (Å²) in [7, 11) is 0. The zero-order valence-corrected chi connectivity index (χ0v) is 21.7. The number of H-pyrrole nitrogens is 1. The molecule has 0 saturated carbocycles. The van der Waals surface area contributed by atoms with Crippen molar-refractivity contribution in [1.29, 1.82) is 0 Å². The van der Waals surface area contributed by atoms with E-state index in [1.807, 2.05) is 39.6 Å². The predicted molar refractivity (Wildman–Crippen MR) is 128 cm³/mol. The molecule has 1 unspecified atom stereocenters. The van der Waals surface area contributed by atoms with Crippen molar-refractivity contribution in [2.75, 3.05) is 6.61 Å². The average molecular weight is 533 g/mol. The molecule has 0 aliphatic carbocycles. The Bertz CT molecular complexity index is 1210. The fourth-order valence-corrected chi connectivity index (χ4v) is 4.17. The predicted octanol–water partition coefficient (Wildman–Crippen LogP) is 5.71. The van der Waals surface area contributed by atoms with Crippen molar-refractivity contribution in [2.24, 2.45) is 17.3 Å². The van der Waals surface area contributed by atoms with E-state index < -0.39 is 56.9 Å². The van der Waals surface area contributed by atoms with Gasteiger partial charge in [-0.05, 0) is 44.4 Å². The minimum atomic E-state index is -2.34. The van der Waals surface area contributed by atoms with Crippen molar-refractivity contribution < 1.29 is 31.5 Å². The van der Waals surface area contributed by atoms with Crippen LogP contribution in [0.15, 0.2) is 15.8 Å². The molecule has 2 rings (SSSR count). The Kier molecular flexibility index (Phi) is 10.2. The van der Waals surface area contributed by atoms with Crippen LogP contribution in [0.5, 0.6) is 0 Å². The van der Waals surface area contributed by atoms with Crippen LogP contribution < -0.4 is 11.2 Å². The van der Waals surface area contributed by atoms with E-state index in [1.165, 1.54) is 0 Å². The van der Waals surface area contributed by atoms with Crippen molar-refractivity contribution >= 4 is 5.97 Å². The minimum absolute atomic E-state index is 0.0254. The molecule has 1 heterocycles. The maximum Gasteiger partial charge on any atom is 0.328 e. The second-order valence-corrected chi connectivity index (χ2v) is 10.2. The lowest BCUT2D eigenvalue weighted by molar-refractivity contribution is -0.159. The summed E-state index contributed by atoms with van der Waals surface area (Å²) < 4.78 is 75.3. The number of halogens is 5. The van der Waals surface area contributed by atoms with Crippen molar-refractivity contribution in [3.63, 3.8) is 0 Å². The lowest BCUT2D eigenvalue weighted by Gasteiger charge is -2.32. The van der Waals surface area contributed by atoms with Gasteiger partial charge in [-0.1, -0.05) is 34.1 Å². The molecule has 0 fully saturated rings. The summed E-state index contributed by atoms with van der Waals surface area (Å²) in [5.74, 6) is -10.8. The molecule has 0 aliphatic heterocycles. The molecule has 1 aromatic carbocycles. The highest BCUT2D eigenvalue weighted by molar-refractivity contribution is 5.76. The summed E-state index contributed by atoms with van der Waals surface area (Å²) in [5, 5.41) is 0. The Morgan fingerprint density at radius 3 is 2.00 bits per heavy atom. The zero-order valence-electron chi connectivity index (χ0n) is 21.7. The third-order valence-corrected chi connectivity index (χ3v) is 6.59. The molecule has 1 atom stereocenters. The Labute approximate surface area is 211 Å². The summed E-state index contributed by atoms with van der Waals surface area (Å²) in [5.41, 5.74) is -5.00. The molecule has 0 bridgehead atoms. The highest BCUT2D eigenvalue weighted by Gasteiger charge is 2.38. The lowest BCUT2D eigenvalue weighted by Crippen LogP contribution is -2.36. The monoisotopic (exact) mass is 532 g/mol. The van der Waals surface area contributed by atoms with E-state index in [0.29, 0.717) is 38.0 Å². The normalized spacial score (nSPS) is 13.3. The van der Waals surface area contributed by atoms with Crippen LogP contribution in [0.4, 0.5) is 22.0 Å². The van der Waals surface area contributed by atoms with Gasteiger partial charge in [0.25, 0.3) is 5.56 Å². The number of benzene rings is 1. The van der Waals surface area contributed by atoms with Gasteiger partial charge in [-0.15, -0.1) is 0 Å².